The lowest BCUT2D eigenvalue weighted by Gasteiger charge is -2.02. The topological polar surface area (TPSA) is 73.6 Å². The minimum absolute atomic E-state index is 1.02. The minimum Gasteiger partial charge on any atom is -0.402 e. The fraction of sp³-hybridized carbons (Fsp3) is 0. The molecule has 3 N–H and O–H groups in total. The summed E-state index contributed by atoms with van der Waals surface area (Å²) in [5.41, 5.74) is 2.19. The average molecular weight is 267 g/mol. The standard InChI is InChI=1S/C15H11N.BH3O3/c1-2-6-13-11-14(9-8-12(13)5-1)15-7-3-4-10-16-15;2-1(3)4/h1-11H;2-4H. The van der Waals surface area contributed by atoms with Crippen LogP contribution in [-0.4, -0.2) is 27.4 Å². The highest BCUT2D eigenvalue weighted by atomic mass is 16.5. The summed E-state index contributed by atoms with van der Waals surface area (Å²) < 4.78 is 0. The number of hydrogen-bond acceptors (Lipinski definition) is 4. The van der Waals surface area contributed by atoms with E-state index in [0.29, 0.717) is 0 Å². The molecule has 0 aliphatic heterocycles. The van der Waals surface area contributed by atoms with Crippen molar-refractivity contribution in [3.8, 4) is 11.3 Å². The van der Waals surface area contributed by atoms with Crippen LogP contribution in [0, 0.1) is 0 Å². The molecule has 0 aliphatic carbocycles. The molecule has 100 valence electrons. The van der Waals surface area contributed by atoms with Crippen LogP contribution in [0.3, 0.4) is 0 Å². The van der Waals surface area contributed by atoms with Gasteiger partial charge in [0.15, 0.2) is 0 Å². The van der Waals surface area contributed by atoms with E-state index in [1.807, 2.05) is 24.4 Å². The summed E-state index contributed by atoms with van der Waals surface area (Å²) in [6.07, 6.45) is 1.82. The van der Waals surface area contributed by atoms with E-state index in [-0.39, 0.29) is 0 Å². The van der Waals surface area contributed by atoms with Crippen LogP contribution >= 0.6 is 0 Å². The Morgan fingerprint density at radius 2 is 1.40 bits per heavy atom. The van der Waals surface area contributed by atoms with Gasteiger partial charge in [-0.3, -0.25) is 4.98 Å². The third kappa shape index (κ3) is 3.89. The third-order valence-corrected chi connectivity index (χ3v) is 2.71. The van der Waals surface area contributed by atoms with Crippen molar-refractivity contribution in [3.05, 3.63) is 66.9 Å². The zero-order chi connectivity index (χ0) is 14.4. The van der Waals surface area contributed by atoms with Gasteiger partial charge in [0.2, 0.25) is 0 Å². The van der Waals surface area contributed by atoms with Gasteiger partial charge in [-0.15, -0.1) is 0 Å². The van der Waals surface area contributed by atoms with Crippen LogP contribution in [0.1, 0.15) is 0 Å². The van der Waals surface area contributed by atoms with E-state index in [0.717, 1.165) is 5.69 Å². The van der Waals surface area contributed by atoms with Gasteiger partial charge in [-0.2, -0.15) is 0 Å². The van der Waals surface area contributed by atoms with Crippen molar-refractivity contribution in [3.63, 3.8) is 0 Å². The lowest BCUT2D eigenvalue weighted by atomic mass is 10.0. The molecular formula is C15H14BNO3. The monoisotopic (exact) mass is 267 g/mol. The van der Waals surface area contributed by atoms with Crippen LogP contribution < -0.4 is 0 Å². The van der Waals surface area contributed by atoms with Gasteiger partial charge < -0.3 is 15.1 Å². The molecule has 0 bridgehead atoms. The Bertz CT molecular complexity index is 671. The van der Waals surface area contributed by atoms with E-state index >= 15 is 0 Å². The number of benzene rings is 2. The molecule has 1 heterocycles. The smallest absolute Gasteiger partial charge is 0.402 e. The van der Waals surface area contributed by atoms with Gasteiger partial charge in [-0.25, -0.2) is 0 Å². The SMILES string of the molecule is OB(O)O.c1ccc(-c2ccc3ccccc3c2)nc1. The summed E-state index contributed by atoms with van der Waals surface area (Å²) in [5, 5.41) is 24.0. The Hall–Kier alpha value is -2.21. The molecule has 3 aromatic rings. The van der Waals surface area contributed by atoms with E-state index in [9.17, 15) is 0 Å². The second-order valence-corrected chi connectivity index (χ2v) is 4.12. The van der Waals surface area contributed by atoms with Crippen LogP contribution in [-0.2, 0) is 0 Å². The van der Waals surface area contributed by atoms with E-state index in [2.05, 4.69) is 47.4 Å². The molecule has 0 unspecified atom stereocenters. The number of nitrogens with zero attached hydrogens (tertiary/aromatic N) is 1. The first-order valence-corrected chi connectivity index (χ1v) is 6.11. The molecule has 1 aromatic heterocycles. The molecule has 0 amide bonds. The van der Waals surface area contributed by atoms with Crippen molar-refractivity contribution in [1.82, 2.24) is 4.98 Å². The van der Waals surface area contributed by atoms with Crippen LogP contribution in [0.4, 0.5) is 0 Å². The summed E-state index contributed by atoms with van der Waals surface area (Å²) in [7, 11) is -2.17. The van der Waals surface area contributed by atoms with Gasteiger partial charge in [0.1, 0.15) is 0 Å². The second-order valence-electron chi connectivity index (χ2n) is 4.12. The number of hydrogen-bond donors (Lipinski definition) is 3. The largest absolute Gasteiger partial charge is 0.631 e. The zero-order valence-corrected chi connectivity index (χ0v) is 10.7. The molecule has 3 rings (SSSR count). The quantitative estimate of drug-likeness (QED) is 0.588. The predicted octanol–water partition coefficient (Wildman–Crippen LogP) is 1.85. The van der Waals surface area contributed by atoms with Crippen LogP contribution in [0.5, 0.6) is 0 Å². The Morgan fingerprint density at radius 1 is 0.750 bits per heavy atom. The molecular weight excluding hydrogens is 253 g/mol. The number of fused-ring (bicyclic) bond motifs is 1. The summed E-state index contributed by atoms with van der Waals surface area (Å²) in [4.78, 5) is 4.36. The molecule has 0 atom stereocenters. The molecule has 0 saturated carbocycles. The van der Waals surface area contributed by atoms with Crippen molar-refractivity contribution in [2.24, 2.45) is 0 Å². The van der Waals surface area contributed by atoms with Gasteiger partial charge in [-0.1, -0.05) is 42.5 Å². The molecule has 0 aliphatic rings. The van der Waals surface area contributed by atoms with Crippen LogP contribution in [0.2, 0.25) is 0 Å². The van der Waals surface area contributed by atoms with Crippen molar-refractivity contribution in [2.45, 2.75) is 0 Å². The average Bonchev–Trinajstić information content (AvgIpc) is 2.47. The van der Waals surface area contributed by atoms with Crippen LogP contribution in [0.15, 0.2) is 66.9 Å². The maximum Gasteiger partial charge on any atom is 0.631 e. The van der Waals surface area contributed by atoms with Gasteiger partial charge in [0.05, 0.1) is 5.69 Å². The summed E-state index contributed by atoms with van der Waals surface area (Å²) in [6, 6.07) is 20.8. The second kappa shape index (κ2) is 6.82. The molecule has 0 radical (unpaired) electrons. The lowest BCUT2D eigenvalue weighted by molar-refractivity contribution is 0.278. The molecule has 0 saturated heterocycles. The third-order valence-electron chi connectivity index (χ3n) is 2.71. The first-order valence-electron chi connectivity index (χ1n) is 6.11. The van der Waals surface area contributed by atoms with Gasteiger partial charge >= 0.3 is 7.32 Å². The Balaban J connectivity index is 0.000000328. The van der Waals surface area contributed by atoms with Crippen molar-refractivity contribution < 1.29 is 15.1 Å². The number of aromatic nitrogens is 1. The number of pyridine rings is 1. The summed E-state index contributed by atoms with van der Waals surface area (Å²) in [6.45, 7) is 0. The van der Waals surface area contributed by atoms with Gasteiger partial charge in [0, 0.05) is 11.8 Å². The lowest BCUT2D eigenvalue weighted by Crippen LogP contribution is -2.07. The maximum absolute atomic E-state index is 7.17. The van der Waals surface area contributed by atoms with Crippen molar-refractivity contribution in [2.75, 3.05) is 0 Å². The Morgan fingerprint density at radius 3 is 2.05 bits per heavy atom. The predicted molar refractivity (Wildman–Crippen MR) is 79.6 cm³/mol. The van der Waals surface area contributed by atoms with Gasteiger partial charge in [0.25, 0.3) is 0 Å². The number of rotatable bonds is 1. The Labute approximate surface area is 117 Å². The molecule has 20 heavy (non-hydrogen) atoms. The normalized spacial score (nSPS) is 9.75. The first kappa shape index (κ1) is 14.2. The highest BCUT2D eigenvalue weighted by molar-refractivity contribution is 6.30. The van der Waals surface area contributed by atoms with E-state index in [1.54, 1.807) is 0 Å². The summed E-state index contributed by atoms with van der Waals surface area (Å²) in [5.74, 6) is 0. The maximum atomic E-state index is 7.17. The van der Waals surface area contributed by atoms with E-state index in [1.165, 1.54) is 16.3 Å². The molecule has 5 heteroatoms. The Kier molecular flexibility index (Phi) is 4.84. The minimum atomic E-state index is -2.17. The van der Waals surface area contributed by atoms with E-state index in [4.69, 9.17) is 15.1 Å². The fourth-order valence-electron chi connectivity index (χ4n) is 1.88. The molecule has 4 nitrogen and oxygen atoms in total. The molecule has 0 fully saturated rings. The fourth-order valence-corrected chi connectivity index (χ4v) is 1.88. The molecule has 2 aromatic carbocycles. The zero-order valence-electron chi connectivity index (χ0n) is 10.7. The van der Waals surface area contributed by atoms with Crippen molar-refractivity contribution in [1.29, 1.82) is 0 Å². The molecule has 0 spiro atoms. The first-order chi connectivity index (χ1) is 9.66. The highest BCUT2D eigenvalue weighted by Crippen LogP contribution is 2.22. The van der Waals surface area contributed by atoms with Crippen LogP contribution in [0.25, 0.3) is 22.0 Å². The van der Waals surface area contributed by atoms with E-state index < -0.39 is 7.32 Å². The summed E-state index contributed by atoms with van der Waals surface area (Å²) >= 11 is 0. The van der Waals surface area contributed by atoms with Crippen molar-refractivity contribution >= 4 is 18.1 Å². The highest BCUT2D eigenvalue weighted by Gasteiger charge is 1.99. The van der Waals surface area contributed by atoms with Gasteiger partial charge in [-0.05, 0) is 29.0 Å².